The van der Waals surface area contributed by atoms with E-state index in [1.807, 2.05) is 18.2 Å². The fourth-order valence-corrected chi connectivity index (χ4v) is 3.83. The first kappa shape index (κ1) is 47.3. The molecule has 0 atom stereocenters. The third kappa shape index (κ3) is 34.4. The Kier molecular flexibility index (Phi) is 34.6. The summed E-state index contributed by atoms with van der Waals surface area (Å²) >= 11 is 0. The zero-order chi connectivity index (χ0) is 37.4. The van der Waals surface area contributed by atoms with Gasteiger partial charge in [-0.05, 0) is 18.6 Å². The first-order chi connectivity index (χ1) is 25.6. The van der Waals surface area contributed by atoms with E-state index in [0.717, 1.165) is 0 Å². The number of benzene rings is 1. The number of para-hydroxylation sites is 2. The third-order valence-electron chi connectivity index (χ3n) is 6.48. The highest BCUT2D eigenvalue weighted by atomic mass is 16.6. The Balaban J connectivity index is 1.63. The summed E-state index contributed by atoms with van der Waals surface area (Å²) in [5.74, 6) is -0.592. The number of nitrogens with one attached hydrogen (secondary N) is 1. The van der Waals surface area contributed by atoms with E-state index in [0.29, 0.717) is 176 Å². The molecule has 0 aliphatic heterocycles. The van der Waals surface area contributed by atoms with Crippen molar-refractivity contribution in [3.8, 4) is 5.75 Å². The van der Waals surface area contributed by atoms with Crippen LogP contribution in [0.3, 0.4) is 0 Å². The minimum absolute atomic E-state index is 0.0124. The minimum Gasteiger partial charge on any atom is -0.489 e. The van der Waals surface area contributed by atoms with E-state index in [-0.39, 0.29) is 18.7 Å². The third-order valence-corrected chi connectivity index (χ3v) is 6.48. The van der Waals surface area contributed by atoms with E-state index in [1.54, 1.807) is 6.07 Å². The van der Waals surface area contributed by atoms with Gasteiger partial charge in [-0.15, -0.1) is 0 Å². The maximum atomic E-state index is 11.4. The molecular weight excluding hydrogens is 688 g/mol. The number of nitrogens with two attached hydrogens (primary N) is 1. The second kappa shape index (κ2) is 38.1. The summed E-state index contributed by atoms with van der Waals surface area (Å²) in [7, 11) is 0. The number of hydrogen-bond acceptors (Lipinski definition) is 15. The summed E-state index contributed by atoms with van der Waals surface area (Å²) in [5, 5.41) is 11.2. The quantitative estimate of drug-likeness (QED) is 0.0636. The molecule has 1 rings (SSSR count). The minimum atomic E-state index is -0.984. The van der Waals surface area contributed by atoms with Crippen LogP contribution in [0, 0.1) is 0 Å². The number of hydrogen-bond donors (Lipinski definition) is 3. The summed E-state index contributed by atoms with van der Waals surface area (Å²) in [4.78, 5) is 21.8. The van der Waals surface area contributed by atoms with Crippen molar-refractivity contribution >= 4 is 17.6 Å². The molecule has 0 heterocycles. The largest absolute Gasteiger partial charge is 0.489 e. The van der Waals surface area contributed by atoms with Crippen LogP contribution in [0.25, 0.3) is 0 Å². The predicted molar refractivity (Wildman–Crippen MR) is 190 cm³/mol. The zero-order valence-electron chi connectivity index (χ0n) is 30.6. The number of carbonyl (C=O) groups excluding carboxylic acids is 1. The Morgan fingerprint density at radius 2 is 0.808 bits per heavy atom. The molecule has 0 saturated heterocycles. The smallest absolute Gasteiger partial charge is 0.303 e. The summed E-state index contributed by atoms with van der Waals surface area (Å²) < 4.78 is 65.6. The van der Waals surface area contributed by atoms with Crippen molar-refractivity contribution in [3.05, 3.63) is 24.3 Å². The number of anilines is 1. The molecule has 0 aliphatic carbocycles. The molecule has 0 aromatic heterocycles. The van der Waals surface area contributed by atoms with Gasteiger partial charge in [-0.2, -0.15) is 0 Å². The first-order valence-electron chi connectivity index (χ1n) is 17.9. The normalized spacial score (nSPS) is 11.2. The SMILES string of the molecule is Nc1ccccc1OCCOCCOCCOCCOCCOCCOCCOCCOCCOCCOCCOCCCNC(=O)CCC(=O)O. The van der Waals surface area contributed by atoms with Crippen molar-refractivity contribution in [2.45, 2.75) is 19.3 Å². The van der Waals surface area contributed by atoms with Crippen LogP contribution in [0.5, 0.6) is 5.75 Å². The topological polar surface area (TPSA) is 203 Å². The lowest BCUT2D eigenvalue weighted by Crippen LogP contribution is -2.25. The van der Waals surface area contributed by atoms with Gasteiger partial charge in [-0.25, -0.2) is 0 Å². The van der Waals surface area contributed by atoms with E-state index in [2.05, 4.69) is 5.32 Å². The van der Waals surface area contributed by atoms with Gasteiger partial charge in [0, 0.05) is 19.6 Å². The van der Waals surface area contributed by atoms with Gasteiger partial charge in [0.1, 0.15) is 12.4 Å². The van der Waals surface area contributed by atoms with Gasteiger partial charge in [-0.3, -0.25) is 9.59 Å². The molecule has 0 bridgehead atoms. The predicted octanol–water partition coefficient (Wildman–Crippen LogP) is 1.20. The second-order valence-electron chi connectivity index (χ2n) is 10.7. The molecule has 0 fully saturated rings. The molecule has 0 spiro atoms. The van der Waals surface area contributed by atoms with Crippen LogP contribution >= 0.6 is 0 Å². The number of carboxylic acid groups (broad SMARTS) is 1. The number of carbonyl (C=O) groups is 2. The van der Waals surface area contributed by atoms with E-state index in [1.165, 1.54) is 0 Å². The number of nitrogen functional groups attached to an aromatic ring is 1. The Hall–Kier alpha value is -2.68. The Morgan fingerprint density at radius 3 is 1.15 bits per heavy atom. The summed E-state index contributed by atoms with van der Waals surface area (Å²) in [6.07, 6.45) is 0.470. The van der Waals surface area contributed by atoms with Gasteiger partial charge < -0.3 is 73.0 Å². The van der Waals surface area contributed by atoms with Gasteiger partial charge >= 0.3 is 5.97 Å². The lowest BCUT2D eigenvalue weighted by molar-refractivity contribution is -0.138. The standard InChI is InChI=1S/C35H62N2O15/c36-32-4-1-2-5-33(32)52-31-30-51-29-28-50-27-26-49-25-24-48-23-22-47-21-20-46-19-18-45-17-16-44-15-14-43-13-12-42-11-10-41-9-3-8-37-34(38)6-7-35(39)40/h1-2,4-5H,3,6-31,36H2,(H,37,38)(H,39,40). The lowest BCUT2D eigenvalue weighted by Gasteiger charge is -2.10. The van der Waals surface area contributed by atoms with Crippen LogP contribution in [0.1, 0.15) is 19.3 Å². The van der Waals surface area contributed by atoms with Gasteiger partial charge in [0.2, 0.25) is 5.91 Å². The molecule has 0 saturated carbocycles. The van der Waals surface area contributed by atoms with Gasteiger partial charge in [0.05, 0.1) is 151 Å². The molecule has 17 heteroatoms. The van der Waals surface area contributed by atoms with E-state index < -0.39 is 5.97 Å². The van der Waals surface area contributed by atoms with E-state index in [4.69, 9.17) is 67.7 Å². The van der Waals surface area contributed by atoms with Crippen LogP contribution in [-0.4, -0.2) is 175 Å². The summed E-state index contributed by atoms with van der Waals surface area (Å²) in [6, 6.07) is 7.36. The van der Waals surface area contributed by atoms with Crippen LogP contribution < -0.4 is 15.8 Å². The van der Waals surface area contributed by atoms with Gasteiger partial charge in [0.25, 0.3) is 0 Å². The molecule has 0 aliphatic rings. The molecule has 0 unspecified atom stereocenters. The fraction of sp³-hybridized carbons (Fsp3) is 0.771. The highest BCUT2D eigenvalue weighted by molar-refractivity contribution is 5.80. The maximum absolute atomic E-state index is 11.4. The summed E-state index contributed by atoms with van der Waals surface area (Å²) in [5.41, 5.74) is 6.43. The zero-order valence-corrected chi connectivity index (χ0v) is 30.6. The van der Waals surface area contributed by atoms with Crippen molar-refractivity contribution < 1.29 is 71.5 Å². The molecule has 1 aromatic carbocycles. The highest BCUT2D eigenvalue weighted by Crippen LogP contribution is 2.19. The molecule has 1 aromatic rings. The van der Waals surface area contributed by atoms with Crippen LogP contribution in [0.4, 0.5) is 5.69 Å². The van der Waals surface area contributed by atoms with Crippen LogP contribution in [0.2, 0.25) is 0 Å². The molecule has 302 valence electrons. The van der Waals surface area contributed by atoms with Crippen molar-refractivity contribution in [1.29, 1.82) is 0 Å². The van der Waals surface area contributed by atoms with Crippen LogP contribution in [0.15, 0.2) is 24.3 Å². The maximum Gasteiger partial charge on any atom is 0.303 e. The average molecular weight is 751 g/mol. The van der Waals surface area contributed by atoms with E-state index >= 15 is 0 Å². The number of amides is 1. The average Bonchev–Trinajstić information content (AvgIpc) is 3.14. The monoisotopic (exact) mass is 750 g/mol. The first-order valence-corrected chi connectivity index (χ1v) is 17.9. The number of carboxylic acids is 1. The number of rotatable bonds is 41. The Morgan fingerprint density at radius 1 is 0.481 bits per heavy atom. The Labute approximate surface area is 307 Å². The van der Waals surface area contributed by atoms with Gasteiger partial charge in [-0.1, -0.05) is 12.1 Å². The molecule has 17 nitrogen and oxygen atoms in total. The second-order valence-corrected chi connectivity index (χ2v) is 10.7. The van der Waals surface area contributed by atoms with Crippen molar-refractivity contribution in [1.82, 2.24) is 5.32 Å². The molecule has 4 N–H and O–H groups in total. The number of ether oxygens (including phenoxy) is 12. The molecular formula is C35H62N2O15. The molecule has 52 heavy (non-hydrogen) atoms. The van der Waals surface area contributed by atoms with Crippen molar-refractivity contribution in [3.63, 3.8) is 0 Å². The number of aliphatic carboxylic acids is 1. The Bertz CT molecular complexity index is 947. The highest BCUT2D eigenvalue weighted by Gasteiger charge is 2.04. The van der Waals surface area contributed by atoms with Crippen molar-refractivity contribution in [2.24, 2.45) is 0 Å². The van der Waals surface area contributed by atoms with Gasteiger partial charge in [0.15, 0.2) is 0 Å². The fourth-order valence-electron chi connectivity index (χ4n) is 3.83. The van der Waals surface area contributed by atoms with Crippen LogP contribution in [-0.2, 0) is 61.7 Å². The molecule has 0 radical (unpaired) electrons. The van der Waals surface area contributed by atoms with E-state index in [9.17, 15) is 9.59 Å². The molecule has 1 amide bonds. The lowest BCUT2D eigenvalue weighted by atomic mass is 10.3. The summed E-state index contributed by atoms with van der Waals surface area (Å²) in [6.45, 7) is 11.4. The van der Waals surface area contributed by atoms with Crippen molar-refractivity contribution in [2.75, 3.05) is 164 Å².